The highest BCUT2D eigenvalue weighted by Gasteiger charge is 2.35. The number of rotatable bonds is 3. The van der Waals surface area contributed by atoms with E-state index in [1.807, 2.05) is 0 Å². The molecule has 1 unspecified atom stereocenters. The fraction of sp³-hybridized carbons (Fsp3) is 0.400. The summed E-state index contributed by atoms with van der Waals surface area (Å²) in [7, 11) is 0. The van der Waals surface area contributed by atoms with Crippen molar-refractivity contribution in [2.24, 2.45) is 5.73 Å². The molecule has 0 radical (unpaired) electrons. The minimum Gasteiger partial charge on any atom is -0.319 e. The SMILES string of the molecule is CCC(F)(F)C(N)c1ccccc1. The molecular formula is C10H13F2N. The van der Waals surface area contributed by atoms with Crippen LogP contribution in [0.2, 0.25) is 0 Å². The van der Waals surface area contributed by atoms with Gasteiger partial charge in [0.25, 0.3) is 5.92 Å². The third-order valence-corrected chi connectivity index (χ3v) is 2.09. The summed E-state index contributed by atoms with van der Waals surface area (Å²) < 4.78 is 26.2. The largest absolute Gasteiger partial charge is 0.319 e. The van der Waals surface area contributed by atoms with Crippen LogP contribution in [0, 0.1) is 0 Å². The van der Waals surface area contributed by atoms with Crippen LogP contribution in [0.3, 0.4) is 0 Å². The van der Waals surface area contributed by atoms with Gasteiger partial charge in [-0.25, -0.2) is 8.78 Å². The third kappa shape index (κ3) is 2.25. The van der Waals surface area contributed by atoms with E-state index in [2.05, 4.69) is 0 Å². The average Bonchev–Trinajstić information content (AvgIpc) is 2.18. The van der Waals surface area contributed by atoms with E-state index in [-0.39, 0.29) is 6.42 Å². The van der Waals surface area contributed by atoms with Gasteiger partial charge in [0, 0.05) is 6.42 Å². The van der Waals surface area contributed by atoms with Crippen molar-refractivity contribution in [3.8, 4) is 0 Å². The minimum absolute atomic E-state index is 0.233. The second-order valence-electron chi connectivity index (χ2n) is 3.00. The summed E-state index contributed by atoms with van der Waals surface area (Å²) >= 11 is 0. The third-order valence-electron chi connectivity index (χ3n) is 2.09. The van der Waals surface area contributed by atoms with Gasteiger partial charge in [-0.3, -0.25) is 0 Å². The van der Waals surface area contributed by atoms with Crippen LogP contribution in [0.25, 0.3) is 0 Å². The zero-order valence-corrected chi connectivity index (χ0v) is 7.50. The smallest absolute Gasteiger partial charge is 0.266 e. The van der Waals surface area contributed by atoms with Crippen LogP contribution in [-0.2, 0) is 0 Å². The summed E-state index contributed by atoms with van der Waals surface area (Å²) in [5.74, 6) is -2.82. The Hall–Kier alpha value is -0.960. The topological polar surface area (TPSA) is 26.0 Å². The molecule has 0 aliphatic heterocycles. The van der Waals surface area contributed by atoms with E-state index >= 15 is 0 Å². The van der Waals surface area contributed by atoms with E-state index in [9.17, 15) is 8.78 Å². The van der Waals surface area contributed by atoms with Crippen molar-refractivity contribution in [3.63, 3.8) is 0 Å². The molecule has 0 aliphatic rings. The summed E-state index contributed by atoms with van der Waals surface area (Å²) in [6, 6.07) is 7.24. The highest BCUT2D eigenvalue weighted by atomic mass is 19.3. The molecule has 2 N–H and O–H groups in total. The molecule has 13 heavy (non-hydrogen) atoms. The van der Waals surface area contributed by atoms with Crippen LogP contribution in [0.1, 0.15) is 24.9 Å². The molecule has 0 spiro atoms. The summed E-state index contributed by atoms with van der Waals surface area (Å²) in [6.07, 6.45) is -0.233. The van der Waals surface area contributed by atoms with E-state index in [1.54, 1.807) is 30.3 Å². The second-order valence-corrected chi connectivity index (χ2v) is 3.00. The van der Waals surface area contributed by atoms with Crippen molar-refractivity contribution in [2.75, 3.05) is 0 Å². The van der Waals surface area contributed by atoms with Gasteiger partial charge in [0.1, 0.15) is 0 Å². The van der Waals surface area contributed by atoms with Gasteiger partial charge in [-0.2, -0.15) is 0 Å². The lowest BCUT2D eigenvalue weighted by atomic mass is 10.00. The molecule has 0 aromatic heterocycles. The van der Waals surface area contributed by atoms with Gasteiger partial charge in [-0.15, -0.1) is 0 Å². The van der Waals surface area contributed by atoms with Crippen LogP contribution in [0.15, 0.2) is 30.3 Å². The molecule has 1 aromatic carbocycles. The zero-order chi connectivity index (χ0) is 9.90. The van der Waals surface area contributed by atoms with Crippen LogP contribution in [0.4, 0.5) is 8.78 Å². The van der Waals surface area contributed by atoms with E-state index in [1.165, 1.54) is 6.92 Å². The van der Waals surface area contributed by atoms with Gasteiger partial charge in [0.2, 0.25) is 0 Å². The van der Waals surface area contributed by atoms with Crippen LogP contribution in [0.5, 0.6) is 0 Å². The Bertz CT molecular complexity index is 259. The first-order valence-electron chi connectivity index (χ1n) is 4.26. The molecule has 0 saturated heterocycles. The van der Waals surface area contributed by atoms with Crippen molar-refractivity contribution in [1.29, 1.82) is 0 Å². The summed E-state index contributed by atoms with van der Waals surface area (Å²) in [5, 5.41) is 0. The molecule has 0 amide bonds. The standard InChI is InChI=1S/C10H13F2N/c1-2-10(11,12)9(13)8-6-4-3-5-7-8/h3-7,9H,2,13H2,1H3. The van der Waals surface area contributed by atoms with Gasteiger partial charge >= 0.3 is 0 Å². The molecule has 0 bridgehead atoms. The molecule has 1 atom stereocenters. The van der Waals surface area contributed by atoms with Crippen LogP contribution >= 0.6 is 0 Å². The number of benzene rings is 1. The monoisotopic (exact) mass is 185 g/mol. The number of hydrogen-bond acceptors (Lipinski definition) is 1. The minimum atomic E-state index is -2.82. The number of alkyl halides is 2. The highest BCUT2D eigenvalue weighted by molar-refractivity contribution is 5.20. The van der Waals surface area contributed by atoms with Crippen molar-refractivity contribution in [2.45, 2.75) is 25.3 Å². The first-order valence-corrected chi connectivity index (χ1v) is 4.26. The maximum atomic E-state index is 13.1. The van der Waals surface area contributed by atoms with Crippen molar-refractivity contribution < 1.29 is 8.78 Å². The molecule has 0 fully saturated rings. The average molecular weight is 185 g/mol. The van der Waals surface area contributed by atoms with Gasteiger partial charge in [-0.1, -0.05) is 37.3 Å². The molecule has 3 heteroatoms. The number of hydrogen-bond donors (Lipinski definition) is 1. The van der Waals surface area contributed by atoms with Crippen LogP contribution < -0.4 is 5.73 Å². The Balaban J connectivity index is 2.85. The normalized spacial score (nSPS) is 14.2. The highest BCUT2D eigenvalue weighted by Crippen LogP contribution is 2.31. The number of halogens is 2. The van der Waals surface area contributed by atoms with Gasteiger partial charge in [-0.05, 0) is 5.56 Å². The number of nitrogens with two attached hydrogens (primary N) is 1. The van der Waals surface area contributed by atoms with Crippen molar-refractivity contribution >= 4 is 0 Å². The summed E-state index contributed by atoms with van der Waals surface area (Å²) in [5.41, 5.74) is 5.91. The Labute approximate surface area is 76.6 Å². The lowest BCUT2D eigenvalue weighted by Crippen LogP contribution is -2.32. The fourth-order valence-electron chi connectivity index (χ4n) is 1.12. The Kier molecular flexibility index (Phi) is 2.98. The van der Waals surface area contributed by atoms with E-state index in [0.717, 1.165) is 0 Å². The first-order chi connectivity index (χ1) is 6.08. The van der Waals surface area contributed by atoms with Crippen molar-refractivity contribution in [3.05, 3.63) is 35.9 Å². The van der Waals surface area contributed by atoms with Gasteiger partial charge < -0.3 is 5.73 Å². The fourth-order valence-corrected chi connectivity index (χ4v) is 1.12. The predicted molar refractivity (Wildman–Crippen MR) is 48.6 cm³/mol. The zero-order valence-electron chi connectivity index (χ0n) is 7.50. The van der Waals surface area contributed by atoms with E-state index in [4.69, 9.17) is 5.73 Å². The molecule has 1 rings (SSSR count). The maximum Gasteiger partial charge on any atom is 0.266 e. The second kappa shape index (κ2) is 3.83. The lowest BCUT2D eigenvalue weighted by Gasteiger charge is -2.22. The van der Waals surface area contributed by atoms with E-state index < -0.39 is 12.0 Å². The molecule has 1 aromatic rings. The Morgan fingerprint density at radius 1 is 1.31 bits per heavy atom. The van der Waals surface area contributed by atoms with Crippen molar-refractivity contribution in [1.82, 2.24) is 0 Å². The molecule has 1 nitrogen and oxygen atoms in total. The molecular weight excluding hydrogens is 172 g/mol. The molecule has 72 valence electrons. The van der Waals surface area contributed by atoms with Gasteiger partial charge in [0.05, 0.1) is 6.04 Å². The Morgan fingerprint density at radius 3 is 2.31 bits per heavy atom. The van der Waals surface area contributed by atoms with E-state index in [0.29, 0.717) is 5.56 Å². The molecule has 0 saturated carbocycles. The maximum absolute atomic E-state index is 13.1. The summed E-state index contributed by atoms with van der Waals surface area (Å²) in [4.78, 5) is 0. The molecule has 0 heterocycles. The Morgan fingerprint density at radius 2 is 1.85 bits per heavy atom. The lowest BCUT2D eigenvalue weighted by molar-refractivity contribution is -0.0296. The predicted octanol–water partition coefficient (Wildman–Crippen LogP) is 2.73. The van der Waals surface area contributed by atoms with Crippen LogP contribution in [-0.4, -0.2) is 5.92 Å². The molecule has 0 aliphatic carbocycles. The summed E-state index contributed by atoms with van der Waals surface area (Å²) in [6.45, 7) is 1.43. The quantitative estimate of drug-likeness (QED) is 0.769. The first kappa shape index (κ1) is 10.1. The van der Waals surface area contributed by atoms with Gasteiger partial charge in [0.15, 0.2) is 0 Å².